The molecule has 1 atom stereocenters. The molecule has 0 radical (unpaired) electrons. The number of esters is 1. The van der Waals surface area contributed by atoms with E-state index in [1.165, 1.54) is 10.4 Å². The lowest BCUT2D eigenvalue weighted by Gasteiger charge is -2.27. The Bertz CT molecular complexity index is 1270. The first-order valence-electron chi connectivity index (χ1n) is 10.7. The smallest absolute Gasteiger partial charge is 0.343 e. The van der Waals surface area contributed by atoms with Crippen molar-refractivity contribution in [2.75, 3.05) is 25.7 Å². The van der Waals surface area contributed by atoms with Crippen molar-refractivity contribution in [1.29, 1.82) is 0 Å². The zero-order valence-corrected chi connectivity index (χ0v) is 18.7. The van der Waals surface area contributed by atoms with Crippen LogP contribution in [-0.2, 0) is 13.0 Å². The second-order valence-electron chi connectivity index (χ2n) is 8.27. The average molecular weight is 464 g/mol. The number of ether oxygens (including phenoxy) is 3. The Labute approximate surface area is 194 Å². The lowest BCUT2D eigenvalue weighted by atomic mass is 10.0. The molecule has 6 rings (SSSR count). The van der Waals surface area contributed by atoms with Crippen LogP contribution in [0.25, 0.3) is 0 Å². The van der Waals surface area contributed by atoms with Gasteiger partial charge in [0, 0.05) is 18.0 Å². The number of rotatable bonds is 3. The zero-order valence-electron chi connectivity index (χ0n) is 17.8. The molecule has 4 heterocycles. The van der Waals surface area contributed by atoms with Crippen LogP contribution in [0.3, 0.4) is 0 Å². The number of hydrogen-bond acceptors (Lipinski definition) is 8. The van der Waals surface area contributed by atoms with Gasteiger partial charge in [0.25, 0.3) is 5.91 Å². The highest BCUT2D eigenvalue weighted by atomic mass is 32.1. The molecule has 3 aliphatic heterocycles. The minimum absolute atomic E-state index is 0.0471. The third-order valence-electron chi connectivity index (χ3n) is 6.06. The first-order chi connectivity index (χ1) is 16.0. The normalized spacial score (nSPS) is 18.7. The highest BCUT2D eigenvalue weighted by Crippen LogP contribution is 2.40. The molecule has 8 nitrogen and oxygen atoms in total. The highest BCUT2D eigenvalue weighted by Gasteiger charge is 2.32. The first kappa shape index (κ1) is 20.1. The second-order valence-corrected chi connectivity index (χ2v) is 9.38. The van der Waals surface area contributed by atoms with Gasteiger partial charge in [0.15, 0.2) is 11.5 Å². The molecule has 0 fully saturated rings. The minimum Gasteiger partial charge on any atom is -0.454 e. The molecule has 2 N–H and O–H groups in total. The third kappa shape index (κ3) is 3.59. The van der Waals surface area contributed by atoms with E-state index in [2.05, 4.69) is 22.6 Å². The number of benzene rings is 2. The van der Waals surface area contributed by atoms with E-state index in [1.807, 2.05) is 12.1 Å². The molecule has 0 aliphatic carbocycles. The summed E-state index contributed by atoms with van der Waals surface area (Å²) in [6.45, 7) is 1.98. The van der Waals surface area contributed by atoms with E-state index in [0.29, 0.717) is 22.8 Å². The van der Waals surface area contributed by atoms with Crippen LogP contribution in [0.4, 0.5) is 5.00 Å². The molecule has 1 amide bonds. The molecule has 33 heavy (non-hydrogen) atoms. The van der Waals surface area contributed by atoms with Crippen LogP contribution in [0.2, 0.25) is 0 Å². The molecule has 2 aromatic carbocycles. The number of carbonyl (C=O) groups is 2. The van der Waals surface area contributed by atoms with Crippen molar-refractivity contribution < 1.29 is 23.8 Å². The molecule has 9 heteroatoms. The number of amides is 1. The molecular weight excluding hydrogens is 442 g/mol. The van der Waals surface area contributed by atoms with Crippen molar-refractivity contribution in [2.45, 2.75) is 19.1 Å². The summed E-state index contributed by atoms with van der Waals surface area (Å²) in [5.74, 6) is 1.02. The van der Waals surface area contributed by atoms with Gasteiger partial charge in [-0.2, -0.15) is 0 Å². The average Bonchev–Trinajstić information content (AvgIpc) is 3.42. The van der Waals surface area contributed by atoms with Gasteiger partial charge in [-0.15, -0.1) is 11.3 Å². The summed E-state index contributed by atoms with van der Waals surface area (Å²) in [5.41, 5.74) is 3.21. The highest BCUT2D eigenvalue weighted by molar-refractivity contribution is 7.16. The van der Waals surface area contributed by atoms with Gasteiger partial charge < -0.3 is 29.7 Å². The molecule has 0 saturated heterocycles. The minimum atomic E-state index is -0.482. The van der Waals surface area contributed by atoms with Crippen molar-refractivity contribution in [3.63, 3.8) is 0 Å². The van der Waals surface area contributed by atoms with Gasteiger partial charge in [-0.1, -0.05) is 12.1 Å². The van der Waals surface area contributed by atoms with E-state index in [0.717, 1.165) is 35.6 Å². The summed E-state index contributed by atoms with van der Waals surface area (Å²) in [7, 11) is 2.10. The van der Waals surface area contributed by atoms with Crippen LogP contribution in [-0.4, -0.2) is 37.2 Å². The molecule has 0 spiro atoms. The Morgan fingerprint density at radius 3 is 2.79 bits per heavy atom. The van der Waals surface area contributed by atoms with Crippen molar-refractivity contribution in [3.8, 4) is 17.2 Å². The number of nitrogens with zero attached hydrogens (tertiary/aromatic N) is 1. The molecule has 0 saturated carbocycles. The van der Waals surface area contributed by atoms with Crippen LogP contribution < -0.4 is 24.8 Å². The van der Waals surface area contributed by atoms with Crippen molar-refractivity contribution in [1.82, 2.24) is 10.2 Å². The van der Waals surface area contributed by atoms with E-state index in [4.69, 9.17) is 14.2 Å². The Kier molecular flexibility index (Phi) is 4.74. The fraction of sp³-hybridized carbons (Fsp3) is 0.250. The zero-order chi connectivity index (χ0) is 22.5. The van der Waals surface area contributed by atoms with Crippen LogP contribution in [0, 0.1) is 0 Å². The van der Waals surface area contributed by atoms with Gasteiger partial charge in [-0.3, -0.25) is 4.79 Å². The topological polar surface area (TPSA) is 89.1 Å². The molecule has 1 aromatic heterocycles. The van der Waals surface area contributed by atoms with E-state index in [-0.39, 0.29) is 18.9 Å². The number of nitrogens with one attached hydrogen (secondary N) is 2. The maximum atomic E-state index is 12.9. The van der Waals surface area contributed by atoms with Gasteiger partial charge in [0.1, 0.15) is 16.9 Å². The maximum Gasteiger partial charge on any atom is 0.343 e. The summed E-state index contributed by atoms with van der Waals surface area (Å²) in [6.07, 6.45) is 0.544. The predicted molar refractivity (Wildman–Crippen MR) is 122 cm³/mol. The summed E-state index contributed by atoms with van der Waals surface area (Å²) < 4.78 is 16.1. The van der Waals surface area contributed by atoms with Crippen molar-refractivity contribution in [3.05, 3.63) is 69.6 Å². The Morgan fingerprint density at radius 2 is 1.94 bits per heavy atom. The fourth-order valence-corrected chi connectivity index (χ4v) is 5.68. The molecule has 3 aliphatic rings. The van der Waals surface area contributed by atoms with Crippen LogP contribution in [0.1, 0.15) is 42.9 Å². The number of hydrogen-bond donors (Lipinski definition) is 2. The summed E-state index contributed by atoms with van der Waals surface area (Å²) in [5, 5.41) is 7.43. The van der Waals surface area contributed by atoms with Crippen LogP contribution in [0.15, 0.2) is 42.5 Å². The van der Waals surface area contributed by atoms with E-state index < -0.39 is 5.97 Å². The summed E-state index contributed by atoms with van der Waals surface area (Å²) in [4.78, 5) is 28.9. The van der Waals surface area contributed by atoms with Crippen molar-refractivity contribution in [2.24, 2.45) is 0 Å². The number of carbonyl (C=O) groups excluding carboxylic acids is 2. The molecule has 3 aromatic rings. The lowest BCUT2D eigenvalue weighted by Crippen LogP contribution is -2.38. The first-order valence-corrected chi connectivity index (χ1v) is 11.5. The monoisotopic (exact) mass is 463 g/mol. The third-order valence-corrected chi connectivity index (χ3v) is 7.21. The van der Waals surface area contributed by atoms with Crippen molar-refractivity contribution >= 4 is 28.2 Å². The van der Waals surface area contributed by atoms with Gasteiger partial charge >= 0.3 is 5.97 Å². The second kappa shape index (κ2) is 7.79. The molecule has 0 unspecified atom stereocenters. The number of anilines is 1. The van der Waals surface area contributed by atoms with Crippen LogP contribution >= 0.6 is 11.3 Å². The fourth-order valence-electron chi connectivity index (χ4n) is 4.33. The van der Waals surface area contributed by atoms with Gasteiger partial charge in [0.05, 0.1) is 11.1 Å². The Balaban J connectivity index is 1.17. The quantitative estimate of drug-likeness (QED) is 0.454. The van der Waals surface area contributed by atoms with Crippen LogP contribution in [0.5, 0.6) is 17.2 Å². The number of likely N-dealkylation sites (N-methyl/N-ethyl adjacent to an activating group) is 1. The Morgan fingerprint density at radius 1 is 1.12 bits per heavy atom. The largest absolute Gasteiger partial charge is 0.454 e. The van der Waals surface area contributed by atoms with Gasteiger partial charge in [0.2, 0.25) is 6.79 Å². The maximum absolute atomic E-state index is 12.9. The molecule has 168 valence electrons. The lowest BCUT2D eigenvalue weighted by molar-refractivity contribution is 0.0734. The Hall–Kier alpha value is -3.56. The van der Waals surface area contributed by atoms with E-state index >= 15 is 0 Å². The van der Waals surface area contributed by atoms with Gasteiger partial charge in [-0.25, -0.2) is 4.79 Å². The number of thiophene rings is 1. The molecular formula is C24H21N3O5S. The summed E-state index contributed by atoms with van der Waals surface area (Å²) in [6, 6.07) is 12.1. The van der Waals surface area contributed by atoms with Gasteiger partial charge in [-0.05, 0) is 54.9 Å². The number of fused-ring (bicyclic) bond motifs is 4. The van der Waals surface area contributed by atoms with E-state index in [1.54, 1.807) is 41.7 Å². The SMILES string of the molecule is CN1CCc2c(sc3c2C(=O)N[C@H](c2ccc(OC(=O)c4ccc5c(c4)OCO5)cc2)N3)C1. The predicted octanol–water partition coefficient (Wildman–Crippen LogP) is 3.54. The summed E-state index contributed by atoms with van der Waals surface area (Å²) >= 11 is 1.66. The van der Waals surface area contributed by atoms with E-state index in [9.17, 15) is 9.59 Å². The molecule has 0 bridgehead atoms. The standard InChI is InChI=1S/C24H21N3O5S/c1-27-9-8-16-19(11-27)33-23-20(16)22(28)25-21(26-23)13-2-5-15(6-3-13)32-24(29)14-4-7-17-18(10-14)31-12-30-17/h2-7,10,21,26H,8-9,11-12H2,1H3,(H,25,28)/t21-/m0/s1.